The van der Waals surface area contributed by atoms with Gasteiger partial charge < -0.3 is 60.6 Å². The van der Waals surface area contributed by atoms with Crippen LogP contribution in [0.25, 0.3) is 22.3 Å². The van der Waals surface area contributed by atoms with Gasteiger partial charge in [-0.2, -0.15) is 4.98 Å². The van der Waals surface area contributed by atoms with Crippen molar-refractivity contribution in [2.45, 2.75) is 49.1 Å². The maximum Gasteiger partial charge on any atom is 0.479 e. The van der Waals surface area contributed by atoms with Gasteiger partial charge in [0, 0.05) is 0 Å². The number of nitrogens with two attached hydrogens (primary N) is 2. The van der Waals surface area contributed by atoms with Crippen LogP contribution in [0.5, 0.6) is 0 Å². The minimum absolute atomic E-state index is 0.0298. The number of nitrogens with one attached hydrogen (secondary N) is 2. The third kappa shape index (κ3) is 7.48. The van der Waals surface area contributed by atoms with Crippen LogP contribution in [0, 0.1) is 0 Å². The van der Waals surface area contributed by atoms with E-state index in [2.05, 4.69) is 33.8 Å². The lowest BCUT2D eigenvalue weighted by Crippen LogP contribution is -2.46. The number of phosphoric acid groups is 1. The molecule has 4 aromatic heterocycles. The highest BCUT2D eigenvalue weighted by Gasteiger charge is 2.49. The van der Waals surface area contributed by atoms with Crippen molar-refractivity contribution in [2.75, 3.05) is 30.6 Å². The molecule has 0 bridgehead atoms. The molecule has 0 radical (unpaired) electrons. The van der Waals surface area contributed by atoms with Crippen LogP contribution in [0.4, 0.5) is 11.9 Å². The average molecular weight is 801 g/mol. The normalized spacial score (nSPS) is 30.1. The van der Waals surface area contributed by atoms with Crippen LogP contribution in [0.2, 0.25) is 0 Å². The van der Waals surface area contributed by atoms with Gasteiger partial charge in [-0.3, -0.25) is 42.3 Å². The van der Waals surface area contributed by atoms with Gasteiger partial charge in [0.1, 0.15) is 36.6 Å². The number of nitrogens with zero attached hydrogens (tertiary/aromatic N) is 6. The number of phosphoric ester groups is 1. The molecule has 13 N–H and O–H groups in total. The summed E-state index contributed by atoms with van der Waals surface area (Å²) in [7, 11) is -14.8. The van der Waals surface area contributed by atoms with Crippen molar-refractivity contribution < 1.29 is 76.2 Å². The van der Waals surface area contributed by atoms with E-state index < -0.39 is 102 Å². The SMILES string of the molecule is Cn1c[n+]([C@@H]2O[C@H](COP(=O)(O)CP(=O)(O)OP(=O)(O)OC[C@H]3O[C@@H](n4cnc5c(=O)[nH]c(N)nc54)[C@@H](O)C3O)C(O)[C@@H]2O)c2nc(N)[nH]c(=O)c21. The molecule has 2 aliphatic rings. The van der Waals surface area contributed by atoms with Crippen LogP contribution < -0.4 is 27.2 Å². The number of anilines is 2. The summed E-state index contributed by atoms with van der Waals surface area (Å²) in [4.78, 5) is 71.2. The Morgan fingerprint density at radius 2 is 1.50 bits per heavy atom. The molecule has 2 fully saturated rings. The summed E-state index contributed by atoms with van der Waals surface area (Å²) < 4.78 is 66.3. The fraction of sp³-hybridized carbons (Fsp3) is 0.545. The van der Waals surface area contributed by atoms with Crippen LogP contribution >= 0.6 is 23.0 Å². The average Bonchev–Trinajstić information content (AvgIpc) is 3.74. The number of hydrogen-bond donors (Lipinski definition) is 11. The molecule has 286 valence electrons. The second-order valence-electron chi connectivity index (χ2n) is 11.7. The minimum Gasteiger partial charge on any atom is -0.387 e. The zero-order valence-electron chi connectivity index (χ0n) is 26.3. The Morgan fingerprint density at radius 3 is 2.21 bits per heavy atom. The fourth-order valence-electron chi connectivity index (χ4n) is 5.61. The number of imidazole rings is 2. The molecule has 4 aromatic rings. The smallest absolute Gasteiger partial charge is 0.387 e. The van der Waals surface area contributed by atoms with Gasteiger partial charge in [-0.1, -0.05) is 4.98 Å². The number of aromatic amines is 2. The van der Waals surface area contributed by atoms with Gasteiger partial charge in [0.05, 0.1) is 26.6 Å². The number of rotatable bonds is 12. The van der Waals surface area contributed by atoms with E-state index in [9.17, 15) is 58.4 Å². The van der Waals surface area contributed by atoms with Crippen molar-refractivity contribution in [3.8, 4) is 0 Å². The first-order chi connectivity index (χ1) is 24.2. The summed E-state index contributed by atoms with van der Waals surface area (Å²) in [5.41, 5.74) is 9.50. The molecular weight excluding hydrogens is 769 g/mol. The van der Waals surface area contributed by atoms with Gasteiger partial charge in [-0.05, 0) is 0 Å². The van der Waals surface area contributed by atoms with E-state index in [1.807, 2.05) is 0 Å². The number of aromatic nitrogens is 8. The second kappa shape index (κ2) is 13.7. The van der Waals surface area contributed by atoms with E-state index in [1.54, 1.807) is 0 Å². The van der Waals surface area contributed by atoms with Crippen molar-refractivity contribution in [1.29, 1.82) is 0 Å². The van der Waals surface area contributed by atoms with Crippen LogP contribution in [0.3, 0.4) is 0 Å². The standard InChI is InChI=1S/C22H31N10O17P3/c1-30-5-32(16-10(30)18(38)29-22(24)27-16)20-14(36)11(33)7(48-20)2-45-50(39,40)6-51(41,42)49-52(43,44)46-3-8-12(34)13(35)19(47-8)31-4-25-9-15(31)26-21(23)28-17(9)37/h4-5,7-8,11-14,19-20,33-36H,2-3,6H2,1H3,(H8-,23,24,26,27,28,29,37,38,39,40,41,42,43,44)/p+1/t7-,8-,11?,12?,13+,14+,19-,20-/m1/s1. The topological polar surface area (TPSA) is 409 Å². The van der Waals surface area contributed by atoms with Gasteiger partial charge in [0.15, 0.2) is 29.6 Å². The Morgan fingerprint density at radius 1 is 0.885 bits per heavy atom. The van der Waals surface area contributed by atoms with Gasteiger partial charge >= 0.3 is 28.7 Å². The molecule has 6 heterocycles. The van der Waals surface area contributed by atoms with E-state index in [-0.39, 0.29) is 34.2 Å². The van der Waals surface area contributed by atoms with Crippen LogP contribution in [-0.4, -0.2) is 125 Å². The van der Waals surface area contributed by atoms with Gasteiger partial charge in [-0.15, -0.1) is 0 Å². The summed E-state index contributed by atoms with van der Waals surface area (Å²) in [6, 6.07) is 0. The predicted molar refractivity (Wildman–Crippen MR) is 168 cm³/mol. The quantitative estimate of drug-likeness (QED) is 0.0475. The highest BCUT2D eigenvalue weighted by atomic mass is 31.3. The highest BCUT2D eigenvalue weighted by molar-refractivity contribution is 7.74. The van der Waals surface area contributed by atoms with Crippen molar-refractivity contribution >= 4 is 57.2 Å². The summed E-state index contributed by atoms with van der Waals surface area (Å²) >= 11 is 0. The predicted octanol–water partition coefficient (Wildman–Crippen LogP) is -4.44. The summed E-state index contributed by atoms with van der Waals surface area (Å²) in [6.45, 7) is -2.00. The number of aliphatic hydroxyl groups is 4. The Labute approximate surface area is 287 Å². The first kappa shape index (κ1) is 38.2. The maximum atomic E-state index is 12.7. The highest BCUT2D eigenvalue weighted by Crippen LogP contribution is 2.66. The second-order valence-corrected chi connectivity index (χ2v) is 17.5. The van der Waals surface area contributed by atoms with Crippen LogP contribution in [0.15, 0.2) is 22.2 Å². The first-order valence-electron chi connectivity index (χ1n) is 14.7. The Kier molecular flexibility index (Phi) is 10.1. The van der Waals surface area contributed by atoms with Crippen molar-refractivity contribution in [3.05, 3.63) is 33.4 Å². The molecule has 2 aliphatic heterocycles. The molecule has 0 aromatic carbocycles. The van der Waals surface area contributed by atoms with Crippen LogP contribution in [-0.2, 0) is 43.6 Å². The van der Waals surface area contributed by atoms with E-state index in [0.29, 0.717) is 0 Å². The minimum atomic E-state index is -5.57. The molecule has 52 heavy (non-hydrogen) atoms. The molecule has 6 rings (SSSR count). The Bertz CT molecular complexity index is 2280. The third-order valence-electron chi connectivity index (χ3n) is 7.89. The number of hydrogen-bond acceptors (Lipinski definition) is 19. The van der Waals surface area contributed by atoms with Crippen LogP contribution in [0.1, 0.15) is 12.5 Å². The van der Waals surface area contributed by atoms with E-state index in [0.717, 1.165) is 10.9 Å². The van der Waals surface area contributed by atoms with E-state index >= 15 is 0 Å². The third-order valence-corrected chi connectivity index (χ3v) is 13.6. The van der Waals surface area contributed by atoms with Crippen molar-refractivity contribution in [1.82, 2.24) is 34.1 Å². The molecule has 2 saturated heterocycles. The molecule has 27 nitrogen and oxygen atoms in total. The largest absolute Gasteiger partial charge is 0.479 e. The molecule has 11 atom stereocenters. The molecule has 0 aliphatic carbocycles. The number of aryl methyl sites for hydroxylation is 1. The molecule has 0 spiro atoms. The number of aliphatic hydroxyl groups excluding tert-OH is 4. The van der Waals surface area contributed by atoms with E-state index in [4.69, 9.17) is 25.5 Å². The summed E-state index contributed by atoms with van der Waals surface area (Å²) in [5, 5.41) is 42.2. The first-order valence-corrected chi connectivity index (χ1v) is 19.7. The molecular formula is C22H32N10O17P3+. The lowest BCUT2D eigenvalue weighted by Gasteiger charge is -2.21. The molecule has 0 saturated carbocycles. The molecule has 5 unspecified atom stereocenters. The Balaban J connectivity index is 1.05. The van der Waals surface area contributed by atoms with Gasteiger partial charge in [0.25, 0.3) is 17.1 Å². The Hall–Kier alpha value is -3.49. The zero-order valence-corrected chi connectivity index (χ0v) is 29.0. The lowest BCUT2D eigenvalue weighted by atomic mass is 10.1. The zero-order chi connectivity index (χ0) is 38.1. The summed E-state index contributed by atoms with van der Waals surface area (Å²) in [5.74, 6) is -2.33. The summed E-state index contributed by atoms with van der Waals surface area (Å²) in [6.07, 6.45) is -10.6. The lowest BCUT2D eigenvalue weighted by molar-refractivity contribution is -0.745. The number of H-pyrrole nitrogens is 2. The van der Waals surface area contributed by atoms with Gasteiger partial charge in [0.2, 0.25) is 17.7 Å². The van der Waals surface area contributed by atoms with E-state index in [1.165, 1.54) is 22.5 Å². The molecule has 30 heteroatoms. The monoisotopic (exact) mass is 801 g/mol. The number of fused-ring (bicyclic) bond motifs is 2. The van der Waals surface area contributed by atoms with Crippen molar-refractivity contribution in [2.24, 2.45) is 7.05 Å². The van der Waals surface area contributed by atoms with Gasteiger partial charge in [-0.25, -0.2) is 18.4 Å². The molecule has 0 amide bonds. The maximum absolute atomic E-state index is 12.7. The number of nitrogen functional groups attached to an aromatic ring is 2. The number of ether oxygens (including phenoxy) is 2. The van der Waals surface area contributed by atoms with Crippen molar-refractivity contribution in [3.63, 3.8) is 0 Å². The fourth-order valence-corrected chi connectivity index (χ4v) is 10.6.